The van der Waals surface area contributed by atoms with Gasteiger partial charge >= 0.3 is 0 Å². The number of ether oxygens (including phenoxy) is 1. The lowest BCUT2D eigenvalue weighted by Gasteiger charge is -2.27. The molecule has 0 radical (unpaired) electrons. The average molecular weight is 263 g/mol. The SMILES string of the molecule is CC(C)OCC(O)CN(CC1CC1)c1ccccc1. The van der Waals surface area contributed by atoms with Crippen molar-refractivity contribution < 1.29 is 9.84 Å². The smallest absolute Gasteiger partial charge is 0.0948 e. The Morgan fingerprint density at radius 2 is 1.95 bits per heavy atom. The molecule has 3 heteroatoms. The molecule has 2 rings (SSSR count). The third-order valence-electron chi connectivity index (χ3n) is 3.35. The summed E-state index contributed by atoms with van der Waals surface area (Å²) in [5, 5.41) is 10.1. The highest BCUT2D eigenvalue weighted by molar-refractivity contribution is 5.46. The van der Waals surface area contributed by atoms with Gasteiger partial charge in [-0.1, -0.05) is 18.2 Å². The summed E-state index contributed by atoms with van der Waals surface area (Å²) >= 11 is 0. The summed E-state index contributed by atoms with van der Waals surface area (Å²) < 4.78 is 5.48. The van der Waals surface area contributed by atoms with Gasteiger partial charge in [0.15, 0.2) is 0 Å². The average Bonchev–Trinajstić information content (AvgIpc) is 3.21. The second-order valence-corrected chi connectivity index (χ2v) is 5.72. The molecule has 1 unspecified atom stereocenters. The molecule has 0 amide bonds. The second-order valence-electron chi connectivity index (χ2n) is 5.72. The molecular weight excluding hydrogens is 238 g/mol. The van der Waals surface area contributed by atoms with Gasteiger partial charge in [0, 0.05) is 18.8 Å². The Bertz CT molecular complexity index is 362. The summed E-state index contributed by atoms with van der Waals surface area (Å²) in [7, 11) is 0. The predicted octanol–water partition coefficient (Wildman–Crippen LogP) is 2.69. The van der Waals surface area contributed by atoms with Crippen molar-refractivity contribution in [3.8, 4) is 0 Å². The van der Waals surface area contributed by atoms with Crippen LogP contribution in [0.4, 0.5) is 5.69 Å². The summed E-state index contributed by atoms with van der Waals surface area (Å²) in [5.41, 5.74) is 1.19. The van der Waals surface area contributed by atoms with Crippen LogP contribution in [0, 0.1) is 5.92 Å². The third-order valence-corrected chi connectivity index (χ3v) is 3.35. The maximum absolute atomic E-state index is 10.1. The van der Waals surface area contributed by atoms with Gasteiger partial charge in [0.25, 0.3) is 0 Å². The highest BCUT2D eigenvalue weighted by Gasteiger charge is 2.25. The molecule has 3 nitrogen and oxygen atoms in total. The van der Waals surface area contributed by atoms with Gasteiger partial charge < -0.3 is 14.7 Å². The molecule has 19 heavy (non-hydrogen) atoms. The topological polar surface area (TPSA) is 32.7 Å². The maximum atomic E-state index is 10.1. The molecular formula is C16H25NO2. The first-order valence-electron chi connectivity index (χ1n) is 7.25. The van der Waals surface area contributed by atoms with Gasteiger partial charge in [0.2, 0.25) is 0 Å². The minimum atomic E-state index is -0.429. The van der Waals surface area contributed by atoms with E-state index in [0.29, 0.717) is 13.2 Å². The molecule has 0 spiro atoms. The number of rotatable bonds is 8. The summed E-state index contributed by atoms with van der Waals surface area (Å²) in [6.07, 6.45) is 2.38. The van der Waals surface area contributed by atoms with Crippen LogP contribution in [0.25, 0.3) is 0 Å². The Balaban J connectivity index is 1.90. The second kappa shape index (κ2) is 6.92. The third kappa shape index (κ3) is 5.21. The number of aliphatic hydroxyl groups excluding tert-OH is 1. The van der Waals surface area contributed by atoms with E-state index in [-0.39, 0.29) is 6.10 Å². The van der Waals surface area contributed by atoms with Crippen LogP contribution >= 0.6 is 0 Å². The maximum Gasteiger partial charge on any atom is 0.0948 e. The fourth-order valence-corrected chi connectivity index (χ4v) is 2.15. The quantitative estimate of drug-likeness (QED) is 0.782. The van der Waals surface area contributed by atoms with E-state index >= 15 is 0 Å². The standard InChI is InChI=1S/C16H25NO2/c1-13(2)19-12-16(18)11-17(10-14-8-9-14)15-6-4-3-5-7-15/h3-7,13-14,16,18H,8-12H2,1-2H3. The van der Waals surface area contributed by atoms with Crippen molar-refractivity contribution in [3.63, 3.8) is 0 Å². The van der Waals surface area contributed by atoms with Crippen molar-refractivity contribution in [2.75, 3.05) is 24.6 Å². The van der Waals surface area contributed by atoms with E-state index in [0.717, 1.165) is 12.5 Å². The molecule has 1 aromatic carbocycles. The van der Waals surface area contributed by atoms with Crippen LogP contribution in [0.3, 0.4) is 0 Å². The molecule has 1 aromatic rings. The minimum absolute atomic E-state index is 0.170. The lowest BCUT2D eigenvalue weighted by atomic mass is 10.2. The van der Waals surface area contributed by atoms with Crippen LogP contribution in [0.2, 0.25) is 0 Å². The Morgan fingerprint density at radius 1 is 1.26 bits per heavy atom. The van der Waals surface area contributed by atoms with E-state index in [1.165, 1.54) is 18.5 Å². The molecule has 0 aromatic heterocycles. The summed E-state index contributed by atoms with van der Waals surface area (Å²) in [6.45, 7) is 6.08. The number of anilines is 1. The molecule has 1 aliphatic carbocycles. The lowest BCUT2D eigenvalue weighted by molar-refractivity contribution is 0.00883. The van der Waals surface area contributed by atoms with Crippen LogP contribution in [-0.2, 0) is 4.74 Å². The highest BCUT2D eigenvalue weighted by atomic mass is 16.5. The molecule has 0 heterocycles. The van der Waals surface area contributed by atoms with E-state index in [4.69, 9.17) is 4.74 Å². The Labute approximate surface area is 116 Å². The first-order chi connectivity index (χ1) is 9.15. The van der Waals surface area contributed by atoms with Crippen molar-refractivity contribution in [1.29, 1.82) is 0 Å². The number of benzene rings is 1. The fourth-order valence-electron chi connectivity index (χ4n) is 2.15. The normalized spacial score (nSPS) is 16.6. The first kappa shape index (κ1) is 14.4. The van der Waals surface area contributed by atoms with E-state index in [2.05, 4.69) is 17.0 Å². The van der Waals surface area contributed by atoms with Gasteiger partial charge in [-0.3, -0.25) is 0 Å². The molecule has 1 saturated carbocycles. The Morgan fingerprint density at radius 3 is 2.53 bits per heavy atom. The fraction of sp³-hybridized carbons (Fsp3) is 0.625. The Hall–Kier alpha value is -1.06. The molecule has 0 aliphatic heterocycles. The van der Waals surface area contributed by atoms with Crippen LogP contribution < -0.4 is 4.90 Å². The molecule has 1 aliphatic rings. The zero-order chi connectivity index (χ0) is 13.7. The van der Waals surface area contributed by atoms with Crippen molar-refractivity contribution in [1.82, 2.24) is 0 Å². The van der Waals surface area contributed by atoms with Crippen molar-refractivity contribution >= 4 is 5.69 Å². The van der Waals surface area contributed by atoms with E-state index in [9.17, 15) is 5.11 Å². The van der Waals surface area contributed by atoms with Crippen LogP contribution in [0.5, 0.6) is 0 Å². The summed E-state index contributed by atoms with van der Waals surface area (Å²) in [5.74, 6) is 0.804. The van der Waals surface area contributed by atoms with Gasteiger partial charge in [-0.25, -0.2) is 0 Å². The molecule has 1 fully saturated rings. The van der Waals surface area contributed by atoms with Gasteiger partial charge in [0.05, 0.1) is 18.8 Å². The number of hydrogen-bond acceptors (Lipinski definition) is 3. The van der Waals surface area contributed by atoms with Gasteiger partial charge in [-0.05, 0) is 44.7 Å². The lowest BCUT2D eigenvalue weighted by Crippen LogP contribution is -2.36. The zero-order valence-corrected chi connectivity index (χ0v) is 12.0. The molecule has 0 bridgehead atoms. The summed E-state index contributed by atoms with van der Waals surface area (Å²) in [6, 6.07) is 10.3. The number of nitrogens with zero attached hydrogens (tertiary/aromatic N) is 1. The summed E-state index contributed by atoms with van der Waals surface area (Å²) in [4.78, 5) is 2.28. The number of hydrogen-bond donors (Lipinski definition) is 1. The predicted molar refractivity (Wildman–Crippen MR) is 78.5 cm³/mol. The van der Waals surface area contributed by atoms with Crippen molar-refractivity contribution in [2.45, 2.75) is 38.9 Å². The largest absolute Gasteiger partial charge is 0.389 e. The van der Waals surface area contributed by atoms with E-state index in [1.54, 1.807) is 0 Å². The van der Waals surface area contributed by atoms with Crippen LogP contribution in [0.1, 0.15) is 26.7 Å². The molecule has 106 valence electrons. The zero-order valence-electron chi connectivity index (χ0n) is 12.0. The van der Waals surface area contributed by atoms with Crippen LogP contribution in [-0.4, -0.2) is 37.0 Å². The van der Waals surface area contributed by atoms with Crippen molar-refractivity contribution in [3.05, 3.63) is 30.3 Å². The highest BCUT2D eigenvalue weighted by Crippen LogP contribution is 2.31. The minimum Gasteiger partial charge on any atom is -0.389 e. The number of para-hydroxylation sites is 1. The van der Waals surface area contributed by atoms with Gasteiger partial charge in [-0.2, -0.15) is 0 Å². The van der Waals surface area contributed by atoms with Crippen molar-refractivity contribution in [2.24, 2.45) is 5.92 Å². The van der Waals surface area contributed by atoms with E-state index in [1.807, 2.05) is 32.0 Å². The monoisotopic (exact) mass is 263 g/mol. The number of aliphatic hydroxyl groups is 1. The first-order valence-corrected chi connectivity index (χ1v) is 7.25. The van der Waals surface area contributed by atoms with E-state index < -0.39 is 6.10 Å². The molecule has 1 N–H and O–H groups in total. The van der Waals surface area contributed by atoms with Crippen LogP contribution in [0.15, 0.2) is 30.3 Å². The Kier molecular flexibility index (Phi) is 5.23. The molecule has 0 saturated heterocycles. The van der Waals surface area contributed by atoms with Gasteiger partial charge in [0.1, 0.15) is 0 Å². The molecule has 1 atom stereocenters. The van der Waals surface area contributed by atoms with Gasteiger partial charge in [-0.15, -0.1) is 0 Å².